The fraction of sp³-hybridized carbons (Fsp3) is 0.455. The molecule has 0 aliphatic carbocycles. The fourth-order valence-corrected chi connectivity index (χ4v) is 3.04. The molecule has 0 aliphatic rings. The first-order valence-electron chi connectivity index (χ1n) is 9.24. The van der Waals surface area contributed by atoms with E-state index in [-0.39, 0.29) is 0 Å². The van der Waals surface area contributed by atoms with Crippen LogP contribution < -0.4 is 15.2 Å². The predicted molar refractivity (Wildman–Crippen MR) is 105 cm³/mol. The molecule has 0 heterocycles. The van der Waals surface area contributed by atoms with Gasteiger partial charge < -0.3 is 15.2 Å². The van der Waals surface area contributed by atoms with Crippen LogP contribution in [0.1, 0.15) is 48.8 Å². The molecule has 0 aromatic heterocycles. The van der Waals surface area contributed by atoms with E-state index in [0.717, 1.165) is 36.5 Å². The summed E-state index contributed by atoms with van der Waals surface area (Å²) in [6.07, 6.45) is 4.48. The van der Waals surface area contributed by atoms with Crippen molar-refractivity contribution in [2.24, 2.45) is 5.73 Å². The number of hydrogen-bond acceptors (Lipinski definition) is 3. The molecule has 0 bridgehead atoms. The van der Waals surface area contributed by atoms with E-state index in [2.05, 4.69) is 50.2 Å². The summed E-state index contributed by atoms with van der Waals surface area (Å²) in [4.78, 5) is 0. The highest BCUT2D eigenvalue weighted by Crippen LogP contribution is 2.26. The van der Waals surface area contributed by atoms with Gasteiger partial charge in [-0.05, 0) is 61.2 Å². The van der Waals surface area contributed by atoms with E-state index in [9.17, 15) is 0 Å². The van der Waals surface area contributed by atoms with Crippen molar-refractivity contribution in [2.75, 3.05) is 20.3 Å². The molecule has 1 atom stereocenters. The van der Waals surface area contributed by atoms with Crippen molar-refractivity contribution in [2.45, 2.75) is 45.4 Å². The van der Waals surface area contributed by atoms with Gasteiger partial charge in [-0.3, -0.25) is 0 Å². The molecule has 0 saturated carbocycles. The highest BCUT2D eigenvalue weighted by Gasteiger charge is 2.12. The molecule has 0 aliphatic heterocycles. The minimum atomic E-state index is 0.306. The average molecular weight is 341 g/mol. The smallest absolute Gasteiger partial charge is 0.121 e. The lowest BCUT2D eigenvalue weighted by atomic mass is 9.91. The average Bonchev–Trinajstić information content (AvgIpc) is 2.64. The summed E-state index contributed by atoms with van der Waals surface area (Å²) in [7, 11) is 1.70. The number of unbranched alkanes of at least 4 members (excludes halogenated alkanes) is 2. The van der Waals surface area contributed by atoms with Gasteiger partial charge in [0.15, 0.2) is 0 Å². The van der Waals surface area contributed by atoms with Crippen LogP contribution in [0.2, 0.25) is 0 Å². The Labute approximate surface area is 152 Å². The Morgan fingerprint density at radius 2 is 1.80 bits per heavy atom. The van der Waals surface area contributed by atoms with Gasteiger partial charge in [0, 0.05) is 5.92 Å². The molecule has 2 aromatic rings. The van der Waals surface area contributed by atoms with Crippen LogP contribution in [0.3, 0.4) is 0 Å². The van der Waals surface area contributed by atoms with Gasteiger partial charge >= 0.3 is 0 Å². The van der Waals surface area contributed by atoms with Crippen molar-refractivity contribution in [1.82, 2.24) is 0 Å². The fourth-order valence-electron chi connectivity index (χ4n) is 3.04. The van der Waals surface area contributed by atoms with E-state index in [1.807, 2.05) is 6.07 Å². The standard InChI is InChI=1S/C22H31NO2/c1-4-5-6-13-25-21-10-7-18(8-11-21)15-20(16-23)19-9-12-22(24-3)17(2)14-19/h7-12,14,20H,4-6,13,15-16,23H2,1-3H3. The highest BCUT2D eigenvalue weighted by atomic mass is 16.5. The molecule has 136 valence electrons. The van der Waals surface area contributed by atoms with Crippen molar-refractivity contribution in [3.8, 4) is 11.5 Å². The van der Waals surface area contributed by atoms with Crippen LogP contribution in [-0.4, -0.2) is 20.3 Å². The largest absolute Gasteiger partial charge is 0.496 e. The molecular formula is C22H31NO2. The summed E-state index contributed by atoms with van der Waals surface area (Å²) in [6.45, 7) is 5.69. The second-order valence-electron chi connectivity index (χ2n) is 6.57. The van der Waals surface area contributed by atoms with E-state index in [4.69, 9.17) is 15.2 Å². The first-order valence-corrected chi connectivity index (χ1v) is 9.24. The number of benzene rings is 2. The zero-order valence-corrected chi connectivity index (χ0v) is 15.8. The Balaban J connectivity index is 1.98. The third-order valence-corrected chi connectivity index (χ3v) is 4.60. The molecule has 0 radical (unpaired) electrons. The van der Waals surface area contributed by atoms with Crippen LogP contribution >= 0.6 is 0 Å². The molecule has 0 spiro atoms. The van der Waals surface area contributed by atoms with Gasteiger partial charge in [0.05, 0.1) is 13.7 Å². The first-order chi connectivity index (χ1) is 12.2. The number of nitrogens with two attached hydrogens (primary N) is 1. The summed E-state index contributed by atoms with van der Waals surface area (Å²) < 4.78 is 11.1. The number of methoxy groups -OCH3 is 1. The molecule has 2 N–H and O–H groups in total. The minimum absolute atomic E-state index is 0.306. The summed E-state index contributed by atoms with van der Waals surface area (Å²) in [5.74, 6) is 2.18. The van der Waals surface area contributed by atoms with Gasteiger partial charge in [0.1, 0.15) is 11.5 Å². The quantitative estimate of drug-likeness (QED) is 0.628. The molecule has 2 aromatic carbocycles. The molecule has 0 fully saturated rings. The van der Waals surface area contributed by atoms with Gasteiger partial charge in [0.2, 0.25) is 0 Å². The maximum Gasteiger partial charge on any atom is 0.121 e. The Kier molecular flexibility index (Phi) is 7.80. The van der Waals surface area contributed by atoms with Crippen LogP contribution in [-0.2, 0) is 6.42 Å². The van der Waals surface area contributed by atoms with Crippen LogP contribution in [0.5, 0.6) is 11.5 Å². The van der Waals surface area contributed by atoms with Gasteiger partial charge in [0.25, 0.3) is 0 Å². The Hall–Kier alpha value is -2.00. The number of rotatable bonds is 10. The summed E-state index contributed by atoms with van der Waals surface area (Å²) >= 11 is 0. The molecule has 25 heavy (non-hydrogen) atoms. The summed E-state index contributed by atoms with van der Waals surface area (Å²) in [5, 5.41) is 0. The summed E-state index contributed by atoms with van der Waals surface area (Å²) in [6, 6.07) is 14.8. The van der Waals surface area contributed by atoms with Gasteiger partial charge in [-0.1, -0.05) is 44.0 Å². The van der Waals surface area contributed by atoms with E-state index in [1.165, 1.54) is 24.0 Å². The zero-order chi connectivity index (χ0) is 18.1. The van der Waals surface area contributed by atoms with Crippen LogP contribution in [0, 0.1) is 6.92 Å². The monoisotopic (exact) mass is 341 g/mol. The van der Waals surface area contributed by atoms with Crippen molar-refractivity contribution < 1.29 is 9.47 Å². The Morgan fingerprint density at radius 1 is 1.04 bits per heavy atom. The van der Waals surface area contributed by atoms with Crippen LogP contribution in [0.15, 0.2) is 42.5 Å². The normalized spacial score (nSPS) is 12.0. The third kappa shape index (κ3) is 5.79. The van der Waals surface area contributed by atoms with E-state index in [0.29, 0.717) is 12.5 Å². The van der Waals surface area contributed by atoms with Crippen molar-refractivity contribution in [3.05, 3.63) is 59.2 Å². The maximum atomic E-state index is 6.04. The lowest BCUT2D eigenvalue weighted by Crippen LogP contribution is -2.15. The van der Waals surface area contributed by atoms with Gasteiger partial charge in [-0.25, -0.2) is 0 Å². The van der Waals surface area contributed by atoms with Crippen molar-refractivity contribution in [1.29, 1.82) is 0 Å². The van der Waals surface area contributed by atoms with Gasteiger partial charge in [-0.15, -0.1) is 0 Å². The lowest BCUT2D eigenvalue weighted by molar-refractivity contribution is 0.306. The zero-order valence-electron chi connectivity index (χ0n) is 15.8. The Bertz CT molecular complexity index is 637. The van der Waals surface area contributed by atoms with Crippen LogP contribution in [0.4, 0.5) is 0 Å². The third-order valence-electron chi connectivity index (χ3n) is 4.60. The number of ether oxygens (including phenoxy) is 2. The van der Waals surface area contributed by atoms with Crippen molar-refractivity contribution in [3.63, 3.8) is 0 Å². The number of aryl methyl sites for hydroxylation is 1. The SMILES string of the molecule is CCCCCOc1ccc(CC(CN)c2ccc(OC)c(C)c2)cc1. The lowest BCUT2D eigenvalue weighted by Gasteiger charge is -2.17. The first kappa shape index (κ1) is 19.3. The molecule has 2 rings (SSSR count). The molecular weight excluding hydrogens is 310 g/mol. The predicted octanol–water partition coefficient (Wildman–Crippen LogP) is 4.86. The van der Waals surface area contributed by atoms with Crippen molar-refractivity contribution >= 4 is 0 Å². The van der Waals surface area contributed by atoms with E-state index < -0.39 is 0 Å². The topological polar surface area (TPSA) is 44.5 Å². The highest BCUT2D eigenvalue weighted by molar-refractivity contribution is 5.38. The maximum absolute atomic E-state index is 6.04. The van der Waals surface area contributed by atoms with E-state index >= 15 is 0 Å². The number of hydrogen-bond donors (Lipinski definition) is 1. The summed E-state index contributed by atoms with van der Waals surface area (Å²) in [5.41, 5.74) is 9.74. The molecule has 3 nitrogen and oxygen atoms in total. The minimum Gasteiger partial charge on any atom is -0.496 e. The van der Waals surface area contributed by atoms with Crippen LogP contribution in [0.25, 0.3) is 0 Å². The molecule has 3 heteroatoms. The second kappa shape index (κ2) is 10.1. The van der Waals surface area contributed by atoms with Gasteiger partial charge in [-0.2, -0.15) is 0 Å². The Morgan fingerprint density at radius 3 is 2.40 bits per heavy atom. The van der Waals surface area contributed by atoms with E-state index in [1.54, 1.807) is 7.11 Å². The second-order valence-corrected chi connectivity index (χ2v) is 6.57. The molecule has 0 amide bonds. The molecule has 1 unspecified atom stereocenters. The molecule has 0 saturated heterocycles.